The highest BCUT2D eigenvalue weighted by molar-refractivity contribution is 7.74. The van der Waals surface area contributed by atoms with Gasteiger partial charge in [-0.15, -0.1) is 0 Å². The molecule has 0 aromatic heterocycles. The van der Waals surface area contributed by atoms with Gasteiger partial charge in [0.15, 0.2) is 0 Å². The van der Waals surface area contributed by atoms with Crippen LogP contribution < -0.4 is 40.2 Å². The molecule has 0 unspecified atom stereocenters. The average molecular weight is 639 g/mol. The Kier molecular flexibility index (Phi) is 11.9. The highest BCUT2D eigenvalue weighted by Crippen LogP contribution is 2.46. The highest BCUT2D eigenvalue weighted by atomic mass is 31.1. The molecular weight excluding hydrogens is 598 g/mol. The molecule has 0 saturated carbocycles. The number of benzene rings is 5. The molecule has 0 spiro atoms. The van der Waals surface area contributed by atoms with E-state index in [1.807, 2.05) is 54.6 Å². The minimum Gasteiger partial charge on any atom is -0.496 e. The van der Waals surface area contributed by atoms with Gasteiger partial charge in [0.05, 0.1) is 41.2 Å². The van der Waals surface area contributed by atoms with Crippen LogP contribution in [0.25, 0.3) is 0 Å². The second kappa shape index (κ2) is 16.4. The maximum Gasteiger partial charge on any atom is 0.126 e. The number of rotatable bonds is 15. The summed E-state index contributed by atoms with van der Waals surface area (Å²) in [5, 5.41) is 4.64. The predicted molar refractivity (Wildman–Crippen MR) is 189 cm³/mol. The Balaban J connectivity index is 1.62. The van der Waals surface area contributed by atoms with Crippen LogP contribution in [0.4, 0.5) is 0 Å². The molecule has 5 aromatic carbocycles. The third-order valence-electron chi connectivity index (χ3n) is 7.60. The van der Waals surface area contributed by atoms with Gasteiger partial charge in [0, 0.05) is 33.5 Å². The lowest BCUT2D eigenvalue weighted by atomic mass is 10.2. The quantitative estimate of drug-likeness (QED) is 0.117. The fourth-order valence-electron chi connectivity index (χ4n) is 5.42. The van der Waals surface area contributed by atoms with Crippen molar-refractivity contribution in [1.82, 2.24) is 0 Å². The van der Waals surface area contributed by atoms with Crippen molar-refractivity contribution in [3.05, 3.63) is 133 Å². The molecular formula is C38H40O5P2. The topological polar surface area (TPSA) is 46.2 Å². The van der Waals surface area contributed by atoms with E-state index in [-0.39, 0.29) is 6.10 Å². The van der Waals surface area contributed by atoms with Gasteiger partial charge in [0.1, 0.15) is 23.0 Å². The molecule has 232 valence electrons. The summed E-state index contributed by atoms with van der Waals surface area (Å²) in [7, 11) is 5.06. The molecule has 0 fully saturated rings. The molecule has 0 radical (unpaired) electrons. The standard InChI is InChI=1S/C38H40O5P2/c1-39-31-18-8-12-22-35(31)44(36-23-13-9-19-32(36)40-2)27-30(43-26-29-16-6-5-7-17-29)28-45(37-24-14-10-20-33(37)41-3)38-25-15-11-21-34(38)42-4/h5-25,30H,26-28H2,1-4H3. The predicted octanol–water partition coefficient (Wildman–Crippen LogP) is 6.87. The van der Waals surface area contributed by atoms with Gasteiger partial charge in [0.25, 0.3) is 0 Å². The van der Waals surface area contributed by atoms with Crippen LogP contribution in [0.5, 0.6) is 23.0 Å². The van der Waals surface area contributed by atoms with Crippen LogP contribution >= 0.6 is 15.8 Å². The zero-order valence-corrected chi connectivity index (χ0v) is 28.0. The van der Waals surface area contributed by atoms with Crippen molar-refractivity contribution < 1.29 is 23.7 Å². The maximum atomic E-state index is 6.94. The van der Waals surface area contributed by atoms with Gasteiger partial charge in [-0.1, -0.05) is 103 Å². The zero-order valence-electron chi connectivity index (χ0n) is 26.3. The first-order valence-corrected chi connectivity index (χ1v) is 17.9. The molecule has 0 atom stereocenters. The van der Waals surface area contributed by atoms with Crippen molar-refractivity contribution >= 4 is 37.1 Å². The first-order valence-electron chi connectivity index (χ1n) is 14.9. The lowest BCUT2D eigenvalue weighted by Gasteiger charge is -2.31. The summed E-state index contributed by atoms with van der Waals surface area (Å²) < 4.78 is 30.6. The molecule has 45 heavy (non-hydrogen) atoms. The van der Waals surface area contributed by atoms with Gasteiger partial charge in [-0.05, 0) is 45.7 Å². The Labute approximate surface area is 269 Å². The summed E-state index contributed by atoms with van der Waals surface area (Å²) in [5.41, 5.74) is 1.14. The minimum atomic E-state index is -0.942. The Morgan fingerprint density at radius 3 is 1.07 bits per heavy atom. The number of hydrogen-bond donors (Lipinski definition) is 0. The van der Waals surface area contributed by atoms with Crippen LogP contribution in [0.3, 0.4) is 0 Å². The largest absolute Gasteiger partial charge is 0.496 e. The molecule has 0 heterocycles. The molecule has 0 N–H and O–H groups in total. The Hall–Kier alpha value is -3.88. The van der Waals surface area contributed by atoms with Gasteiger partial charge in [-0.3, -0.25) is 0 Å². The molecule has 0 amide bonds. The third kappa shape index (κ3) is 8.05. The summed E-state index contributed by atoms with van der Waals surface area (Å²) in [6, 6.07) is 43.6. The molecule has 5 rings (SSSR count). The summed E-state index contributed by atoms with van der Waals surface area (Å²) in [5.74, 6) is 3.47. The molecule has 5 aromatic rings. The van der Waals surface area contributed by atoms with E-state index in [9.17, 15) is 0 Å². The third-order valence-corrected chi connectivity index (χ3v) is 13.0. The Morgan fingerprint density at radius 2 is 0.733 bits per heavy atom. The molecule has 0 aliphatic heterocycles. The number of para-hydroxylation sites is 4. The normalized spacial score (nSPS) is 11.2. The lowest BCUT2D eigenvalue weighted by molar-refractivity contribution is 0.0709. The van der Waals surface area contributed by atoms with Gasteiger partial charge in [-0.25, -0.2) is 0 Å². The summed E-state index contributed by atoms with van der Waals surface area (Å²) in [6.45, 7) is 0.507. The monoisotopic (exact) mass is 638 g/mol. The number of hydrogen-bond acceptors (Lipinski definition) is 5. The second-order valence-electron chi connectivity index (χ2n) is 10.3. The van der Waals surface area contributed by atoms with E-state index in [1.165, 1.54) is 0 Å². The smallest absolute Gasteiger partial charge is 0.126 e. The maximum absolute atomic E-state index is 6.94. The van der Waals surface area contributed by atoms with E-state index in [4.69, 9.17) is 23.7 Å². The van der Waals surface area contributed by atoms with Crippen molar-refractivity contribution in [2.45, 2.75) is 12.7 Å². The van der Waals surface area contributed by atoms with Gasteiger partial charge in [-0.2, -0.15) is 0 Å². The lowest BCUT2D eigenvalue weighted by Crippen LogP contribution is -2.30. The van der Waals surface area contributed by atoms with Gasteiger partial charge >= 0.3 is 0 Å². The second-order valence-corrected chi connectivity index (χ2v) is 14.7. The average Bonchev–Trinajstić information content (AvgIpc) is 3.11. The molecule has 0 aliphatic carbocycles. The van der Waals surface area contributed by atoms with Crippen LogP contribution in [0, 0.1) is 0 Å². The zero-order chi connectivity index (χ0) is 31.4. The molecule has 0 aliphatic rings. The fourth-order valence-corrected chi connectivity index (χ4v) is 11.0. The van der Waals surface area contributed by atoms with Crippen LogP contribution in [-0.4, -0.2) is 46.9 Å². The van der Waals surface area contributed by atoms with E-state index in [2.05, 4.69) is 72.8 Å². The SMILES string of the molecule is COc1ccccc1P(CC(CP(c1ccccc1OC)c1ccccc1OC)OCc1ccccc1)c1ccccc1OC. The van der Waals surface area contributed by atoms with Crippen LogP contribution in [0.15, 0.2) is 127 Å². The first-order chi connectivity index (χ1) is 22.2. The van der Waals surface area contributed by atoms with Crippen molar-refractivity contribution in [3.8, 4) is 23.0 Å². The van der Waals surface area contributed by atoms with Crippen molar-refractivity contribution in [1.29, 1.82) is 0 Å². The molecule has 7 heteroatoms. The van der Waals surface area contributed by atoms with E-state index < -0.39 is 15.8 Å². The highest BCUT2D eigenvalue weighted by Gasteiger charge is 2.30. The van der Waals surface area contributed by atoms with Gasteiger partial charge in [0.2, 0.25) is 0 Å². The van der Waals surface area contributed by atoms with E-state index in [0.29, 0.717) is 6.61 Å². The van der Waals surface area contributed by atoms with Crippen LogP contribution in [-0.2, 0) is 11.3 Å². The van der Waals surface area contributed by atoms with E-state index >= 15 is 0 Å². The summed E-state index contributed by atoms with van der Waals surface area (Å²) >= 11 is 0. The van der Waals surface area contributed by atoms with Crippen molar-refractivity contribution in [2.24, 2.45) is 0 Å². The molecule has 5 nitrogen and oxygen atoms in total. The summed E-state index contributed by atoms with van der Waals surface area (Å²) in [6.07, 6.45) is 1.42. The van der Waals surface area contributed by atoms with Crippen LogP contribution in [0.2, 0.25) is 0 Å². The Bertz CT molecular complexity index is 1450. The van der Waals surface area contributed by atoms with Crippen molar-refractivity contribution in [2.75, 3.05) is 40.8 Å². The van der Waals surface area contributed by atoms with E-state index in [1.54, 1.807) is 28.4 Å². The number of methoxy groups -OCH3 is 4. The van der Waals surface area contributed by atoms with Gasteiger partial charge < -0.3 is 23.7 Å². The van der Waals surface area contributed by atoms with Crippen LogP contribution in [0.1, 0.15) is 5.56 Å². The molecule has 0 saturated heterocycles. The Morgan fingerprint density at radius 1 is 0.422 bits per heavy atom. The molecule has 0 bridgehead atoms. The van der Waals surface area contributed by atoms with E-state index in [0.717, 1.165) is 62.1 Å². The fraction of sp³-hybridized carbons (Fsp3) is 0.211. The minimum absolute atomic E-state index is 0.118. The van der Waals surface area contributed by atoms with Crippen molar-refractivity contribution in [3.63, 3.8) is 0 Å². The number of ether oxygens (including phenoxy) is 5. The summed E-state index contributed by atoms with van der Waals surface area (Å²) in [4.78, 5) is 0. The first kappa shape index (κ1) is 32.5.